The molecule has 3 aromatic heterocycles. The molecule has 0 saturated carbocycles. The monoisotopic (exact) mass is 510 g/mol. The lowest BCUT2D eigenvalue weighted by molar-refractivity contribution is 0.103. The molecule has 0 radical (unpaired) electrons. The number of carbonyl (C=O) groups is 1. The summed E-state index contributed by atoms with van der Waals surface area (Å²) in [6, 6.07) is 18.1. The first kappa shape index (κ1) is 23.5. The maximum absolute atomic E-state index is 13.2. The molecule has 36 heavy (non-hydrogen) atoms. The maximum Gasteiger partial charge on any atom is 0.269 e. The predicted octanol–water partition coefficient (Wildman–Crippen LogP) is 6.25. The minimum atomic E-state index is -0.385. The van der Waals surface area contributed by atoms with Crippen molar-refractivity contribution in [3.63, 3.8) is 0 Å². The first-order valence-electron chi connectivity index (χ1n) is 11.2. The minimum Gasteiger partial charge on any atom is -0.397 e. The zero-order valence-electron chi connectivity index (χ0n) is 19.6. The summed E-state index contributed by atoms with van der Waals surface area (Å²) in [6.07, 6.45) is 0.895. The number of carbonyl (C=O) groups excluding carboxylic acids is 1. The molecule has 0 aliphatic heterocycles. The van der Waals surface area contributed by atoms with Crippen LogP contribution in [0.3, 0.4) is 0 Å². The topological polar surface area (TPSA) is 131 Å². The molecule has 5 rings (SSSR count). The molecule has 0 saturated heterocycles. The van der Waals surface area contributed by atoms with Gasteiger partial charge in [0.25, 0.3) is 5.91 Å². The molecule has 3 heterocycles. The summed E-state index contributed by atoms with van der Waals surface area (Å²) >= 11 is 2.48. The van der Waals surface area contributed by atoms with Crippen LogP contribution in [0.4, 0.5) is 16.6 Å². The fourth-order valence-electron chi connectivity index (χ4n) is 3.99. The molecule has 5 aromatic rings. The van der Waals surface area contributed by atoms with Gasteiger partial charge in [0.05, 0.1) is 11.4 Å². The number of aryl methyl sites for hydroxylation is 2. The Kier molecular flexibility index (Phi) is 6.14. The number of nitriles is 1. The number of pyridine rings is 1. The highest BCUT2D eigenvalue weighted by Gasteiger charge is 2.25. The van der Waals surface area contributed by atoms with E-state index in [9.17, 15) is 10.1 Å². The van der Waals surface area contributed by atoms with Crippen molar-refractivity contribution in [2.45, 2.75) is 20.3 Å². The van der Waals surface area contributed by atoms with Gasteiger partial charge in [0.1, 0.15) is 27.2 Å². The van der Waals surface area contributed by atoms with Gasteiger partial charge in [0.2, 0.25) is 0 Å². The number of nitrogens with one attached hydrogen (secondary N) is 1. The number of nitrogens with two attached hydrogens (primary N) is 2. The molecule has 0 unspecified atom stereocenters. The molecular formula is C27H22N6OS2. The second kappa shape index (κ2) is 9.41. The van der Waals surface area contributed by atoms with E-state index in [2.05, 4.69) is 28.3 Å². The van der Waals surface area contributed by atoms with Crippen molar-refractivity contribution in [3.8, 4) is 28.5 Å². The molecule has 5 N–H and O–H groups in total. The number of aromatic nitrogens is 2. The molecule has 0 bridgehead atoms. The standard InChI is InChI=1S/C27H22N6OS2/c1-3-15-6-10-17(11-7-15)20-18(12-28)24(30)32-26-21(20)22(29)23(36-26)25(34)33-27-31-19(13-35-27)16-8-4-14(2)5-9-16/h4-11,13H,3,29H2,1-2H3,(H2,30,32)(H,31,33,34). The average molecular weight is 511 g/mol. The Morgan fingerprint density at radius 3 is 2.42 bits per heavy atom. The third-order valence-corrected chi connectivity index (χ3v) is 7.80. The normalized spacial score (nSPS) is 10.9. The van der Waals surface area contributed by atoms with Crippen LogP contribution in [0.15, 0.2) is 53.9 Å². The molecule has 0 spiro atoms. The van der Waals surface area contributed by atoms with Crippen molar-refractivity contribution in [1.82, 2.24) is 9.97 Å². The Labute approximate surface area is 216 Å². The van der Waals surface area contributed by atoms with E-state index in [4.69, 9.17) is 11.5 Å². The van der Waals surface area contributed by atoms with Gasteiger partial charge in [-0.2, -0.15) is 5.26 Å². The Balaban J connectivity index is 1.54. The summed E-state index contributed by atoms with van der Waals surface area (Å²) in [4.78, 5) is 23.0. The van der Waals surface area contributed by atoms with E-state index < -0.39 is 0 Å². The highest BCUT2D eigenvalue weighted by atomic mass is 32.1. The fourth-order valence-corrected chi connectivity index (χ4v) is 5.71. The lowest BCUT2D eigenvalue weighted by Crippen LogP contribution is -2.11. The van der Waals surface area contributed by atoms with Crippen LogP contribution in [0, 0.1) is 18.3 Å². The van der Waals surface area contributed by atoms with E-state index in [0.717, 1.165) is 40.1 Å². The molecule has 2 aromatic carbocycles. The summed E-state index contributed by atoms with van der Waals surface area (Å²) in [6.45, 7) is 4.10. The van der Waals surface area contributed by atoms with Crippen molar-refractivity contribution < 1.29 is 4.79 Å². The van der Waals surface area contributed by atoms with Crippen LogP contribution in [0.5, 0.6) is 0 Å². The Morgan fingerprint density at radius 2 is 1.75 bits per heavy atom. The lowest BCUT2D eigenvalue weighted by atomic mass is 9.96. The van der Waals surface area contributed by atoms with E-state index in [-0.39, 0.29) is 23.0 Å². The molecule has 1 amide bonds. The number of amides is 1. The van der Waals surface area contributed by atoms with Crippen LogP contribution < -0.4 is 16.8 Å². The van der Waals surface area contributed by atoms with Crippen LogP contribution >= 0.6 is 22.7 Å². The highest BCUT2D eigenvalue weighted by molar-refractivity contribution is 7.21. The van der Waals surface area contributed by atoms with Crippen molar-refractivity contribution in [2.24, 2.45) is 0 Å². The van der Waals surface area contributed by atoms with Gasteiger partial charge in [-0.3, -0.25) is 10.1 Å². The van der Waals surface area contributed by atoms with Gasteiger partial charge in [0, 0.05) is 21.9 Å². The van der Waals surface area contributed by atoms with Crippen molar-refractivity contribution >= 4 is 55.4 Å². The maximum atomic E-state index is 13.2. The molecule has 0 atom stereocenters. The number of nitrogen functional groups attached to an aromatic ring is 2. The summed E-state index contributed by atoms with van der Waals surface area (Å²) < 4.78 is 0. The van der Waals surface area contributed by atoms with Gasteiger partial charge >= 0.3 is 0 Å². The minimum absolute atomic E-state index is 0.107. The molecule has 7 nitrogen and oxygen atoms in total. The zero-order chi connectivity index (χ0) is 25.4. The Hall–Kier alpha value is -4.26. The van der Waals surface area contributed by atoms with E-state index in [0.29, 0.717) is 25.8 Å². The van der Waals surface area contributed by atoms with Crippen LogP contribution in [-0.2, 0) is 6.42 Å². The van der Waals surface area contributed by atoms with Gasteiger partial charge in [-0.05, 0) is 24.5 Å². The largest absolute Gasteiger partial charge is 0.397 e. The van der Waals surface area contributed by atoms with Gasteiger partial charge in [-0.25, -0.2) is 9.97 Å². The molecular weight excluding hydrogens is 488 g/mol. The number of thiophene rings is 1. The fraction of sp³-hybridized carbons (Fsp3) is 0.111. The molecule has 0 aliphatic rings. The quantitative estimate of drug-likeness (QED) is 0.256. The number of nitrogens with zero attached hydrogens (tertiary/aromatic N) is 3. The second-order valence-electron chi connectivity index (χ2n) is 8.29. The molecule has 178 valence electrons. The highest BCUT2D eigenvalue weighted by Crippen LogP contribution is 2.43. The molecule has 0 fully saturated rings. The van der Waals surface area contributed by atoms with E-state index in [1.807, 2.05) is 60.8 Å². The SMILES string of the molecule is CCc1ccc(-c2c(C#N)c(N)nc3sc(C(=O)Nc4nc(-c5ccc(C)cc5)cs4)c(N)c23)cc1. The predicted molar refractivity (Wildman–Crippen MR) is 148 cm³/mol. The van der Waals surface area contributed by atoms with Gasteiger partial charge in [-0.15, -0.1) is 22.7 Å². The first-order valence-corrected chi connectivity index (χ1v) is 12.9. The number of fused-ring (bicyclic) bond motifs is 1. The second-order valence-corrected chi connectivity index (χ2v) is 10.1. The molecule has 9 heteroatoms. The van der Waals surface area contributed by atoms with Crippen LogP contribution in [0.1, 0.15) is 33.3 Å². The summed E-state index contributed by atoms with van der Waals surface area (Å²) in [7, 11) is 0. The van der Waals surface area contributed by atoms with Crippen LogP contribution in [-0.4, -0.2) is 15.9 Å². The van der Waals surface area contributed by atoms with E-state index >= 15 is 0 Å². The smallest absolute Gasteiger partial charge is 0.269 e. The Morgan fingerprint density at radius 1 is 1.06 bits per heavy atom. The number of thiazole rings is 1. The lowest BCUT2D eigenvalue weighted by Gasteiger charge is -2.10. The Bertz CT molecular complexity index is 1640. The first-order chi connectivity index (χ1) is 17.4. The average Bonchev–Trinajstić information content (AvgIpc) is 3.48. The van der Waals surface area contributed by atoms with E-state index in [1.54, 1.807) is 0 Å². The number of benzene rings is 2. The van der Waals surface area contributed by atoms with Gasteiger partial charge in [0.15, 0.2) is 5.13 Å². The summed E-state index contributed by atoms with van der Waals surface area (Å²) in [5.74, 6) is -0.278. The van der Waals surface area contributed by atoms with Crippen molar-refractivity contribution in [2.75, 3.05) is 16.8 Å². The number of rotatable bonds is 5. The number of hydrogen-bond donors (Lipinski definition) is 3. The third-order valence-electron chi connectivity index (χ3n) is 5.95. The molecule has 0 aliphatic carbocycles. The van der Waals surface area contributed by atoms with Crippen LogP contribution in [0.25, 0.3) is 32.6 Å². The summed E-state index contributed by atoms with van der Waals surface area (Å²) in [5.41, 5.74) is 18.6. The third kappa shape index (κ3) is 4.17. The summed E-state index contributed by atoms with van der Waals surface area (Å²) in [5, 5.41) is 15.6. The van der Waals surface area contributed by atoms with E-state index in [1.165, 1.54) is 16.9 Å². The zero-order valence-corrected chi connectivity index (χ0v) is 21.3. The van der Waals surface area contributed by atoms with Crippen molar-refractivity contribution in [3.05, 3.63) is 75.5 Å². The van der Waals surface area contributed by atoms with Gasteiger partial charge < -0.3 is 11.5 Å². The number of hydrogen-bond acceptors (Lipinski definition) is 8. The van der Waals surface area contributed by atoms with Crippen LogP contribution in [0.2, 0.25) is 0 Å². The number of anilines is 3. The van der Waals surface area contributed by atoms with Gasteiger partial charge in [-0.1, -0.05) is 61.0 Å². The van der Waals surface area contributed by atoms with Crippen molar-refractivity contribution in [1.29, 1.82) is 5.26 Å².